The van der Waals surface area contributed by atoms with Crippen molar-refractivity contribution in [3.63, 3.8) is 0 Å². The van der Waals surface area contributed by atoms with Gasteiger partial charge in [0.1, 0.15) is 6.17 Å². The Hall–Kier alpha value is -0.640. The van der Waals surface area contributed by atoms with Crippen molar-refractivity contribution in [3.8, 4) is 0 Å². The maximum atomic E-state index is 5.24. The molecule has 0 aliphatic heterocycles. The highest BCUT2D eigenvalue weighted by atomic mass is 15.3. The van der Waals surface area contributed by atoms with Gasteiger partial charge in [0.15, 0.2) is 0 Å². The van der Waals surface area contributed by atoms with Crippen molar-refractivity contribution in [2.24, 2.45) is 21.9 Å². The van der Waals surface area contributed by atoms with E-state index in [4.69, 9.17) is 5.73 Å². The second-order valence-electron chi connectivity index (χ2n) is 1.21. The van der Waals surface area contributed by atoms with Gasteiger partial charge in [-0.25, -0.2) is 0 Å². The van der Waals surface area contributed by atoms with Gasteiger partial charge < -0.3 is 11.6 Å². The van der Waals surface area contributed by atoms with Crippen molar-refractivity contribution in [1.29, 1.82) is 0 Å². The van der Waals surface area contributed by atoms with Gasteiger partial charge in [-0.3, -0.25) is 0 Å². The molecule has 42 valence electrons. The number of hydrogen-bond acceptors (Lipinski definition) is 3. The molecule has 0 aromatic heterocycles. The van der Waals surface area contributed by atoms with Crippen molar-refractivity contribution in [2.75, 3.05) is 0 Å². The van der Waals surface area contributed by atoms with E-state index in [1.165, 1.54) is 0 Å². The summed E-state index contributed by atoms with van der Waals surface area (Å²) in [5.74, 6) is 4.68. The van der Waals surface area contributed by atoms with E-state index >= 15 is 0 Å². The standard InChI is InChI=1S/C3H10N4/c1-2-3(4)6-7-5/h3H,2,4H2,1H3,(H2,5,6). The van der Waals surface area contributed by atoms with E-state index in [0.717, 1.165) is 6.42 Å². The Morgan fingerprint density at radius 1 is 1.71 bits per heavy atom. The smallest absolute Gasteiger partial charge is 0.120 e. The molecule has 0 spiro atoms. The number of nitrogens with zero attached hydrogens (tertiary/aromatic N) is 2. The highest BCUT2D eigenvalue weighted by Gasteiger charge is 1.89. The number of hydrogen-bond donors (Lipinski definition) is 2. The Labute approximate surface area is 42.6 Å². The second kappa shape index (κ2) is 3.55. The van der Waals surface area contributed by atoms with Gasteiger partial charge in [0.05, 0.1) is 0 Å². The molecule has 0 saturated carbocycles. The maximum Gasteiger partial charge on any atom is 0.120 e. The molecule has 0 bridgehead atoms. The number of rotatable bonds is 2. The third kappa shape index (κ3) is 3.18. The van der Waals surface area contributed by atoms with Gasteiger partial charge in [-0.2, -0.15) is 5.11 Å². The van der Waals surface area contributed by atoms with Crippen LogP contribution < -0.4 is 11.6 Å². The van der Waals surface area contributed by atoms with Gasteiger partial charge in [0, 0.05) is 0 Å². The minimum absolute atomic E-state index is 0.218. The van der Waals surface area contributed by atoms with E-state index in [-0.39, 0.29) is 6.17 Å². The third-order valence-corrected chi connectivity index (χ3v) is 0.633. The Kier molecular flexibility index (Phi) is 3.22. The summed E-state index contributed by atoms with van der Waals surface area (Å²) < 4.78 is 0. The van der Waals surface area contributed by atoms with Crippen molar-refractivity contribution >= 4 is 0 Å². The third-order valence-electron chi connectivity index (χ3n) is 0.633. The van der Waals surface area contributed by atoms with Gasteiger partial charge in [0.2, 0.25) is 0 Å². The van der Waals surface area contributed by atoms with Crippen LogP contribution in [0.1, 0.15) is 13.3 Å². The molecule has 0 radical (unpaired) electrons. The summed E-state index contributed by atoms with van der Waals surface area (Å²) in [7, 11) is 0. The van der Waals surface area contributed by atoms with E-state index in [1.807, 2.05) is 6.92 Å². The average Bonchev–Trinajstić information content (AvgIpc) is 1.68. The quantitative estimate of drug-likeness (QED) is 0.292. The van der Waals surface area contributed by atoms with Crippen LogP contribution in [0.5, 0.6) is 0 Å². The molecule has 7 heavy (non-hydrogen) atoms. The Morgan fingerprint density at radius 3 is 2.43 bits per heavy atom. The lowest BCUT2D eigenvalue weighted by molar-refractivity contribution is 0.636. The van der Waals surface area contributed by atoms with Crippen molar-refractivity contribution in [3.05, 3.63) is 0 Å². The highest BCUT2D eigenvalue weighted by molar-refractivity contribution is 4.46. The van der Waals surface area contributed by atoms with Gasteiger partial charge in [-0.05, 0) is 6.42 Å². The minimum atomic E-state index is -0.218. The van der Waals surface area contributed by atoms with Gasteiger partial charge >= 0.3 is 0 Å². The summed E-state index contributed by atoms with van der Waals surface area (Å²) in [6, 6.07) is 0. The lowest BCUT2D eigenvalue weighted by atomic mass is 10.4. The van der Waals surface area contributed by atoms with Crippen LogP contribution in [0.3, 0.4) is 0 Å². The zero-order valence-electron chi connectivity index (χ0n) is 4.33. The first-order valence-electron chi connectivity index (χ1n) is 2.17. The van der Waals surface area contributed by atoms with Crippen LogP contribution >= 0.6 is 0 Å². The zero-order chi connectivity index (χ0) is 5.70. The van der Waals surface area contributed by atoms with Crippen molar-refractivity contribution < 1.29 is 0 Å². The van der Waals surface area contributed by atoms with E-state index in [0.29, 0.717) is 0 Å². The summed E-state index contributed by atoms with van der Waals surface area (Å²) in [5.41, 5.74) is 5.24. The molecule has 0 aliphatic rings. The zero-order valence-corrected chi connectivity index (χ0v) is 4.33. The van der Waals surface area contributed by atoms with Gasteiger partial charge in [0.25, 0.3) is 0 Å². The predicted octanol–water partition coefficient (Wildman–Crippen LogP) is 0.00710. The second-order valence-corrected chi connectivity index (χ2v) is 1.21. The molecule has 0 aliphatic carbocycles. The summed E-state index contributed by atoms with van der Waals surface area (Å²) in [6.45, 7) is 1.92. The van der Waals surface area contributed by atoms with Crippen LogP contribution in [0.15, 0.2) is 10.3 Å². The van der Waals surface area contributed by atoms with Crippen LogP contribution in [0, 0.1) is 0 Å². The average molecular weight is 102 g/mol. The molecule has 1 unspecified atom stereocenters. The summed E-state index contributed by atoms with van der Waals surface area (Å²) in [5, 5.41) is 6.43. The molecule has 0 aromatic carbocycles. The van der Waals surface area contributed by atoms with Crippen molar-refractivity contribution in [1.82, 2.24) is 0 Å². The number of nitrogens with two attached hydrogens (primary N) is 2. The molecule has 4 N–H and O–H groups in total. The van der Waals surface area contributed by atoms with Crippen LogP contribution in [0.2, 0.25) is 0 Å². The molecule has 4 nitrogen and oxygen atoms in total. The van der Waals surface area contributed by atoms with Crippen molar-refractivity contribution in [2.45, 2.75) is 19.5 Å². The normalized spacial score (nSPS) is 15.1. The molecule has 1 atom stereocenters. The van der Waals surface area contributed by atoms with Crippen LogP contribution in [-0.2, 0) is 0 Å². The molecule has 0 amide bonds. The molecule has 4 heteroatoms. The predicted molar refractivity (Wildman–Crippen MR) is 27.3 cm³/mol. The topological polar surface area (TPSA) is 76.8 Å². The lowest BCUT2D eigenvalue weighted by Crippen LogP contribution is -2.14. The molecular formula is C3H10N4. The first kappa shape index (κ1) is 6.36. The monoisotopic (exact) mass is 102 g/mol. The molecule has 0 fully saturated rings. The van der Waals surface area contributed by atoms with E-state index < -0.39 is 0 Å². The lowest BCUT2D eigenvalue weighted by Gasteiger charge is -1.94. The summed E-state index contributed by atoms with van der Waals surface area (Å²) >= 11 is 0. The summed E-state index contributed by atoms with van der Waals surface area (Å²) in [6.07, 6.45) is 0.561. The molecule has 0 rings (SSSR count). The van der Waals surface area contributed by atoms with Gasteiger partial charge in [-0.15, -0.1) is 0 Å². The largest absolute Gasteiger partial charge is 0.308 e. The first-order valence-corrected chi connectivity index (χ1v) is 2.17. The molecule has 0 heterocycles. The highest BCUT2D eigenvalue weighted by Crippen LogP contribution is 1.84. The Bertz CT molecular complexity index is 60.0. The van der Waals surface area contributed by atoms with E-state index in [2.05, 4.69) is 16.2 Å². The molecule has 0 aromatic rings. The fraction of sp³-hybridized carbons (Fsp3) is 1.00. The fourth-order valence-electron chi connectivity index (χ4n) is 0.167. The van der Waals surface area contributed by atoms with Crippen LogP contribution in [0.4, 0.5) is 0 Å². The summed E-state index contributed by atoms with van der Waals surface area (Å²) in [4.78, 5) is 0. The van der Waals surface area contributed by atoms with Crippen LogP contribution in [-0.4, -0.2) is 6.17 Å². The first-order chi connectivity index (χ1) is 3.31. The van der Waals surface area contributed by atoms with E-state index in [1.54, 1.807) is 0 Å². The Balaban J connectivity index is 3.16. The van der Waals surface area contributed by atoms with E-state index in [9.17, 15) is 0 Å². The van der Waals surface area contributed by atoms with Crippen LogP contribution in [0.25, 0.3) is 0 Å². The SMILES string of the molecule is CCC(N)N=NN. The van der Waals surface area contributed by atoms with Gasteiger partial charge in [-0.1, -0.05) is 12.1 Å². The Morgan fingerprint density at radius 2 is 2.29 bits per heavy atom. The molecule has 0 saturated heterocycles. The minimum Gasteiger partial charge on any atom is -0.308 e. The maximum absolute atomic E-state index is 5.24. The fourth-order valence-corrected chi connectivity index (χ4v) is 0.167. The molecular weight excluding hydrogens is 92.1 g/mol.